The van der Waals surface area contributed by atoms with Gasteiger partial charge in [0.25, 0.3) is 10.0 Å². The Labute approximate surface area is 111 Å². The molecule has 0 radical (unpaired) electrons. The number of carbonyl (C=O) groups is 1. The number of primary amides is 1. The number of hydrazine groups is 1. The molecule has 0 bridgehead atoms. The number of carbonyl (C=O) groups excluding carboxylic acids is 1. The molecule has 19 heavy (non-hydrogen) atoms. The van der Waals surface area contributed by atoms with Gasteiger partial charge in [-0.2, -0.15) is 4.72 Å². The second kappa shape index (κ2) is 5.48. The van der Waals surface area contributed by atoms with Crippen molar-refractivity contribution < 1.29 is 18.1 Å². The average Bonchev–Trinajstić information content (AvgIpc) is 2.72. The first-order valence-electron chi connectivity index (χ1n) is 4.75. The van der Waals surface area contributed by atoms with Gasteiger partial charge in [0.2, 0.25) is 5.91 Å². The van der Waals surface area contributed by atoms with Gasteiger partial charge < -0.3 is 11.2 Å². The number of thiophene rings is 1. The molecule has 1 aromatic heterocycles. The third kappa shape index (κ3) is 3.37. The maximum Gasteiger partial charge on any atom is 0.306 e. The van der Waals surface area contributed by atoms with Crippen molar-refractivity contribution in [2.75, 3.05) is 5.43 Å². The monoisotopic (exact) mass is 309 g/mol. The molecule has 0 saturated heterocycles. The zero-order valence-electron chi connectivity index (χ0n) is 9.61. The standard InChI is InChI=1S/C7H11N5O5S2/c1-3(6(8)13)11-19(16,17)5-2-4(12(14)15)7(10-9)18-5/h2-3,10-11H,9H2,1H3,(H2,8,13). The zero-order chi connectivity index (χ0) is 14.8. The van der Waals surface area contributed by atoms with Gasteiger partial charge in [0, 0.05) is 6.07 Å². The van der Waals surface area contributed by atoms with Crippen LogP contribution in [0, 0.1) is 10.1 Å². The molecule has 1 heterocycles. The lowest BCUT2D eigenvalue weighted by molar-refractivity contribution is -0.383. The highest BCUT2D eigenvalue weighted by Gasteiger charge is 2.27. The van der Waals surface area contributed by atoms with Crippen LogP contribution < -0.4 is 21.7 Å². The van der Waals surface area contributed by atoms with Gasteiger partial charge >= 0.3 is 5.69 Å². The van der Waals surface area contributed by atoms with Crippen molar-refractivity contribution in [3.05, 3.63) is 16.2 Å². The van der Waals surface area contributed by atoms with Crippen LogP contribution in [0.1, 0.15) is 6.92 Å². The summed E-state index contributed by atoms with van der Waals surface area (Å²) in [7, 11) is -4.08. The van der Waals surface area contributed by atoms with Crippen LogP contribution in [0.2, 0.25) is 0 Å². The maximum absolute atomic E-state index is 11.9. The molecule has 0 aliphatic heterocycles. The number of nitrogens with two attached hydrogens (primary N) is 2. The summed E-state index contributed by atoms with van der Waals surface area (Å²) in [5.41, 5.74) is 6.49. The van der Waals surface area contributed by atoms with E-state index in [1.807, 2.05) is 10.1 Å². The number of hydrogen-bond acceptors (Lipinski definition) is 8. The minimum absolute atomic E-state index is 0.114. The van der Waals surface area contributed by atoms with Crippen molar-refractivity contribution in [3.63, 3.8) is 0 Å². The van der Waals surface area contributed by atoms with Crippen LogP contribution in [0.5, 0.6) is 0 Å². The summed E-state index contributed by atoms with van der Waals surface area (Å²) < 4.78 is 25.3. The van der Waals surface area contributed by atoms with E-state index in [1.54, 1.807) is 0 Å². The van der Waals surface area contributed by atoms with Gasteiger partial charge in [-0.25, -0.2) is 14.3 Å². The summed E-state index contributed by atoms with van der Waals surface area (Å²) in [4.78, 5) is 20.7. The van der Waals surface area contributed by atoms with E-state index < -0.39 is 32.6 Å². The van der Waals surface area contributed by atoms with Gasteiger partial charge in [0.1, 0.15) is 4.21 Å². The third-order valence-corrected chi connectivity index (χ3v) is 5.11. The SMILES string of the molecule is CC(NS(=O)(=O)c1cc([N+](=O)[O-])c(NN)s1)C(N)=O. The number of nitrogen functional groups attached to an aromatic ring is 1. The molecule has 1 amide bonds. The summed E-state index contributed by atoms with van der Waals surface area (Å²) in [5.74, 6) is 4.19. The van der Waals surface area contributed by atoms with Gasteiger partial charge in [-0.15, -0.1) is 0 Å². The minimum Gasteiger partial charge on any atom is -0.368 e. The van der Waals surface area contributed by atoms with Crippen molar-refractivity contribution in [1.82, 2.24) is 4.72 Å². The van der Waals surface area contributed by atoms with Crippen LogP contribution in [0.3, 0.4) is 0 Å². The number of rotatable bonds is 6. The van der Waals surface area contributed by atoms with E-state index in [-0.39, 0.29) is 9.21 Å². The lowest BCUT2D eigenvalue weighted by Crippen LogP contribution is -2.41. The van der Waals surface area contributed by atoms with Crippen molar-refractivity contribution >= 4 is 38.0 Å². The van der Waals surface area contributed by atoms with Crippen molar-refractivity contribution in [2.45, 2.75) is 17.2 Å². The lowest BCUT2D eigenvalue weighted by Gasteiger charge is -2.08. The maximum atomic E-state index is 11.9. The number of sulfonamides is 1. The molecule has 1 aromatic rings. The Kier molecular flexibility index (Phi) is 4.41. The number of anilines is 1. The summed E-state index contributed by atoms with van der Waals surface area (Å²) in [5, 5.41) is 10.6. The molecule has 0 aromatic carbocycles. The summed E-state index contributed by atoms with van der Waals surface area (Å²) in [6.45, 7) is 1.25. The highest BCUT2D eigenvalue weighted by molar-refractivity contribution is 7.91. The second-order valence-electron chi connectivity index (χ2n) is 3.43. The van der Waals surface area contributed by atoms with Crippen molar-refractivity contribution in [3.8, 4) is 0 Å². The number of nitrogens with zero attached hydrogens (tertiary/aromatic N) is 1. The lowest BCUT2D eigenvalue weighted by atomic mass is 10.4. The van der Waals surface area contributed by atoms with E-state index in [1.165, 1.54) is 6.92 Å². The molecule has 6 N–H and O–H groups in total. The Hall–Kier alpha value is -1.76. The first kappa shape index (κ1) is 15.3. The molecule has 0 aliphatic rings. The van der Waals surface area contributed by atoms with Crippen LogP contribution in [-0.2, 0) is 14.8 Å². The zero-order valence-corrected chi connectivity index (χ0v) is 11.2. The van der Waals surface area contributed by atoms with E-state index in [0.717, 1.165) is 6.07 Å². The molecule has 1 atom stereocenters. The van der Waals surface area contributed by atoms with Crippen LogP contribution >= 0.6 is 11.3 Å². The van der Waals surface area contributed by atoms with Gasteiger partial charge in [-0.3, -0.25) is 14.9 Å². The molecule has 0 aliphatic carbocycles. The Morgan fingerprint density at radius 3 is 2.53 bits per heavy atom. The van der Waals surface area contributed by atoms with E-state index in [0.29, 0.717) is 11.3 Å². The van der Waals surface area contributed by atoms with Gasteiger partial charge in [-0.1, -0.05) is 11.3 Å². The fraction of sp³-hybridized carbons (Fsp3) is 0.286. The molecule has 106 valence electrons. The molecule has 1 unspecified atom stereocenters. The quantitative estimate of drug-likeness (QED) is 0.299. The fourth-order valence-electron chi connectivity index (χ4n) is 1.08. The third-order valence-electron chi connectivity index (χ3n) is 2.04. The molecule has 0 saturated carbocycles. The normalized spacial score (nSPS) is 12.9. The molecule has 12 heteroatoms. The Bertz CT molecular complexity index is 609. The van der Waals surface area contributed by atoms with Gasteiger partial charge in [-0.05, 0) is 6.92 Å². The van der Waals surface area contributed by atoms with Gasteiger partial charge in [0.05, 0.1) is 11.0 Å². The topological polar surface area (TPSA) is 170 Å². The van der Waals surface area contributed by atoms with Crippen LogP contribution in [0.15, 0.2) is 10.3 Å². The number of nitro groups is 1. The minimum atomic E-state index is -4.08. The van der Waals surface area contributed by atoms with Crippen LogP contribution in [0.25, 0.3) is 0 Å². The smallest absolute Gasteiger partial charge is 0.306 e. The summed E-state index contributed by atoms with van der Waals surface area (Å²) in [6, 6.07) is -0.295. The second-order valence-corrected chi connectivity index (χ2v) is 6.42. The summed E-state index contributed by atoms with van der Waals surface area (Å²) in [6.07, 6.45) is 0. The van der Waals surface area contributed by atoms with E-state index >= 15 is 0 Å². The fourth-order valence-corrected chi connectivity index (χ4v) is 3.55. The van der Waals surface area contributed by atoms with E-state index in [9.17, 15) is 23.3 Å². The van der Waals surface area contributed by atoms with Crippen LogP contribution in [0.4, 0.5) is 10.7 Å². The number of hydrogen-bond donors (Lipinski definition) is 4. The Morgan fingerprint density at radius 2 is 2.16 bits per heavy atom. The largest absolute Gasteiger partial charge is 0.368 e. The van der Waals surface area contributed by atoms with Crippen LogP contribution in [-0.4, -0.2) is 25.3 Å². The van der Waals surface area contributed by atoms with Gasteiger partial charge in [0.15, 0.2) is 5.00 Å². The van der Waals surface area contributed by atoms with E-state index in [2.05, 4.69) is 0 Å². The Morgan fingerprint density at radius 1 is 1.58 bits per heavy atom. The average molecular weight is 309 g/mol. The first-order valence-corrected chi connectivity index (χ1v) is 7.05. The van der Waals surface area contributed by atoms with Crippen molar-refractivity contribution in [1.29, 1.82) is 0 Å². The van der Waals surface area contributed by atoms with E-state index in [4.69, 9.17) is 11.6 Å². The molecule has 10 nitrogen and oxygen atoms in total. The number of amides is 1. The Balaban J connectivity index is 3.16. The molecule has 1 rings (SSSR count). The molecule has 0 spiro atoms. The number of nitrogens with one attached hydrogen (secondary N) is 2. The highest BCUT2D eigenvalue weighted by Crippen LogP contribution is 2.36. The molecular formula is C7H11N5O5S2. The predicted octanol–water partition coefficient (Wildman–Crippen LogP) is -0.906. The predicted molar refractivity (Wildman–Crippen MR) is 67.8 cm³/mol. The first-order chi connectivity index (χ1) is 8.69. The summed E-state index contributed by atoms with van der Waals surface area (Å²) >= 11 is 0.568. The molecular weight excluding hydrogens is 298 g/mol. The highest BCUT2D eigenvalue weighted by atomic mass is 32.2. The molecule has 0 fully saturated rings. The van der Waals surface area contributed by atoms with Crippen molar-refractivity contribution in [2.24, 2.45) is 11.6 Å².